The number of hydrogen-bond acceptors (Lipinski definition) is 3. The van der Waals surface area contributed by atoms with Crippen LogP contribution >= 0.6 is 0 Å². The van der Waals surface area contributed by atoms with E-state index in [0.29, 0.717) is 23.0 Å². The molecule has 124 valence electrons. The molecule has 0 atom stereocenters. The van der Waals surface area contributed by atoms with Gasteiger partial charge in [-0.15, -0.1) is 0 Å². The molecule has 0 aliphatic carbocycles. The third-order valence-corrected chi connectivity index (χ3v) is 3.47. The Morgan fingerprint density at radius 3 is 2.25 bits per heavy atom. The fourth-order valence-electron chi connectivity index (χ4n) is 2.34. The summed E-state index contributed by atoms with van der Waals surface area (Å²) in [5, 5.41) is 6.62. The molecule has 2 aromatic carbocycles. The highest BCUT2D eigenvalue weighted by atomic mass is 19.4. The van der Waals surface area contributed by atoms with Crippen LogP contribution in [0, 0.1) is 5.82 Å². The van der Waals surface area contributed by atoms with Gasteiger partial charge in [-0.05, 0) is 23.3 Å². The summed E-state index contributed by atoms with van der Waals surface area (Å²) < 4.78 is 52.4. The zero-order chi connectivity index (χ0) is 17.3. The molecule has 0 unspecified atom stereocenters. The fraction of sp³-hybridized carbons (Fsp3) is 0.125. The summed E-state index contributed by atoms with van der Waals surface area (Å²) in [6.07, 6.45) is -4.66. The van der Waals surface area contributed by atoms with Crippen molar-refractivity contribution in [1.29, 1.82) is 0 Å². The number of amides is 1. The Balaban J connectivity index is 1.96. The minimum absolute atomic E-state index is 0.0662. The summed E-state index contributed by atoms with van der Waals surface area (Å²) in [6.45, 7) is 0.0662. The van der Waals surface area contributed by atoms with E-state index in [2.05, 4.69) is 15.8 Å². The standard InChI is InChI=1S/C16H11F4N3O/c17-11-5-6-12(13(7-11)16(18,19)20)9-1-3-10(4-2-9)15-21-8-14(24)22-23-15/h1-7H,8H2,(H,21,23)(H,22,24). The Bertz CT molecular complexity index is 813. The molecule has 0 spiro atoms. The maximum atomic E-state index is 13.2. The number of nitrogens with one attached hydrogen (secondary N) is 2. The van der Waals surface area contributed by atoms with Crippen LogP contribution in [-0.2, 0) is 11.0 Å². The van der Waals surface area contributed by atoms with Crippen LogP contribution in [0.25, 0.3) is 11.1 Å². The van der Waals surface area contributed by atoms with Crippen LogP contribution in [0.15, 0.2) is 47.6 Å². The van der Waals surface area contributed by atoms with Gasteiger partial charge in [0.15, 0.2) is 5.84 Å². The topological polar surface area (TPSA) is 53.5 Å². The van der Waals surface area contributed by atoms with Gasteiger partial charge in [0.05, 0.1) is 12.1 Å². The normalized spacial score (nSPS) is 14.7. The molecule has 2 N–H and O–H groups in total. The summed E-state index contributed by atoms with van der Waals surface area (Å²) in [5.74, 6) is -0.813. The molecule has 0 saturated heterocycles. The molecule has 2 aromatic rings. The Labute approximate surface area is 134 Å². The minimum atomic E-state index is -4.66. The number of rotatable bonds is 2. The molecular formula is C16H11F4N3O. The van der Waals surface area contributed by atoms with E-state index in [1.54, 1.807) is 12.1 Å². The van der Waals surface area contributed by atoms with Gasteiger partial charge in [-0.3, -0.25) is 4.79 Å². The lowest BCUT2D eigenvalue weighted by Crippen LogP contribution is -2.42. The second kappa shape index (κ2) is 5.95. The smallest absolute Gasteiger partial charge is 0.359 e. The number of amidine groups is 1. The summed E-state index contributed by atoms with van der Waals surface area (Å²) in [6, 6.07) is 8.68. The van der Waals surface area contributed by atoms with Crippen molar-refractivity contribution in [3.8, 4) is 11.1 Å². The lowest BCUT2D eigenvalue weighted by molar-refractivity contribution is -0.137. The Morgan fingerprint density at radius 2 is 1.67 bits per heavy atom. The van der Waals surface area contributed by atoms with Crippen molar-refractivity contribution in [3.05, 3.63) is 59.4 Å². The van der Waals surface area contributed by atoms with Crippen molar-refractivity contribution in [3.63, 3.8) is 0 Å². The highest BCUT2D eigenvalue weighted by Crippen LogP contribution is 2.37. The quantitative estimate of drug-likeness (QED) is 0.828. The van der Waals surface area contributed by atoms with Crippen LogP contribution < -0.4 is 10.7 Å². The van der Waals surface area contributed by atoms with Crippen molar-refractivity contribution in [2.45, 2.75) is 6.18 Å². The van der Waals surface area contributed by atoms with E-state index in [0.717, 1.165) is 12.1 Å². The summed E-state index contributed by atoms with van der Waals surface area (Å²) in [5.41, 5.74) is 2.07. The summed E-state index contributed by atoms with van der Waals surface area (Å²) >= 11 is 0. The lowest BCUT2D eigenvalue weighted by atomic mass is 9.98. The molecule has 0 bridgehead atoms. The number of alkyl halides is 3. The molecule has 0 radical (unpaired) electrons. The highest BCUT2D eigenvalue weighted by Gasteiger charge is 2.34. The van der Waals surface area contributed by atoms with Crippen LogP contribution in [0.3, 0.4) is 0 Å². The molecule has 1 heterocycles. The third kappa shape index (κ3) is 3.22. The number of carbonyl (C=O) groups excluding carboxylic acids is 1. The molecule has 0 aromatic heterocycles. The van der Waals surface area contributed by atoms with Crippen molar-refractivity contribution < 1.29 is 22.4 Å². The number of benzene rings is 2. The van der Waals surface area contributed by atoms with Gasteiger partial charge in [-0.1, -0.05) is 30.3 Å². The summed E-state index contributed by atoms with van der Waals surface area (Å²) in [7, 11) is 0. The van der Waals surface area contributed by atoms with Gasteiger partial charge in [0.25, 0.3) is 5.91 Å². The van der Waals surface area contributed by atoms with Crippen molar-refractivity contribution >= 4 is 11.7 Å². The van der Waals surface area contributed by atoms with Gasteiger partial charge in [0.1, 0.15) is 5.82 Å². The van der Waals surface area contributed by atoms with Crippen molar-refractivity contribution in [1.82, 2.24) is 10.7 Å². The number of hydrogen-bond donors (Lipinski definition) is 2. The molecule has 1 aliphatic rings. The van der Waals surface area contributed by atoms with Crippen molar-refractivity contribution in [2.75, 3.05) is 6.54 Å². The van der Waals surface area contributed by atoms with Crippen LogP contribution in [0.2, 0.25) is 0 Å². The summed E-state index contributed by atoms with van der Waals surface area (Å²) in [4.78, 5) is 11.0. The maximum absolute atomic E-state index is 13.2. The van der Waals surface area contributed by atoms with E-state index >= 15 is 0 Å². The van der Waals surface area contributed by atoms with Crippen LogP contribution in [0.4, 0.5) is 17.6 Å². The molecule has 0 saturated carbocycles. The molecular weight excluding hydrogens is 326 g/mol. The molecule has 0 fully saturated rings. The van der Waals surface area contributed by atoms with E-state index in [9.17, 15) is 22.4 Å². The molecule has 4 nitrogen and oxygen atoms in total. The Morgan fingerprint density at radius 1 is 1.00 bits per heavy atom. The SMILES string of the molecule is O=C1CNC(c2ccc(-c3ccc(F)cc3C(F)(F)F)cc2)=NN1. The van der Waals surface area contributed by atoms with Crippen molar-refractivity contribution in [2.24, 2.45) is 5.10 Å². The fourth-order valence-corrected chi connectivity index (χ4v) is 2.34. The third-order valence-electron chi connectivity index (χ3n) is 3.47. The van der Waals surface area contributed by atoms with Gasteiger partial charge >= 0.3 is 6.18 Å². The first-order chi connectivity index (χ1) is 11.3. The largest absolute Gasteiger partial charge is 0.417 e. The van der Waals surface area contributed by atoms with Gasteiger partial charge in [-0.2, -0.15) is 18.3 Å². The molecule has 3 rings (SSSR count). The average Bonchev–Trinajstić information content (AvgIpc) is 2.55. The number of carbonyl (C=O) groups is 1. The first-order valence-corrected chi connectivity index (χ1v) is 6.92. The average molecular weight is 337 g/mol. The van der Waals surface area contributed by atoms with E-state index in [4.69, 9.17) is 0 Å². The first kappa shape index (κ1) is 16.0. The first-order valence-electron chi connectivity index (χ1n) is 6.92. The van der Waals surface area contributed by atoms with Crippen LogP contribution in [0.5, 0.6) is 0 Å². The van der Waals surface area contributed by atoms with Gasteiger partial charge in [-0.25, -0.2) is 9.82 Å². The predicted octanol–water partition coefficient (Wildman–Crippen LogP) is 2.89. The highest BCUT2D eigenvalue weighted by molar-refractivity contribution is 6.03. The zero-order valence-corrected chi connectivity index (χ0v) is 12.1. The van der Waals surface area contributed by atoms with Crippen LogP contribution in [-0.4, -0.2) is 18.3 Å². The second-order valence-corrected chi connectivity index (χ2v) is 5.11. The van der Waals surface area contributed by atoms with E-state index in [1.807, 2.05) is 0 Å². The molecule has 1 aliphatic heterocycles. The Hall–Kier alpha value is -2.90. The van der Waals surface area contributed by atoms with E-state index < -0.39 is 17.6 Å². The lowest BCUT2D eigenvalue weighted by Gasteiger charge is -2.16. The monoisotopic (exact) mass is 337 g/mol. The zero-order valence-electron chi connectivity index (χ0n) is 12.1. The molecule has 24 heavy (non-hydrogen) atoms. The van der Waals surface area contributed by atoms with Gasteiger partial charge < -0.3 is 5.32 Å². The predicted molar refractivity (Wildman–Crippen MR) is 79.5 cm³/mol. The number of hydrazone groups is 1. The number of halogens is 4. The molecule has 8 heteroatoms. The Kier molecular flexibility index (Phi) is 3.96. The minimum Gasteiger partial charge on any atom is -0.359 e. The molecule has 1 amide bonds. The van der Waals surface area contributed by atoms with Gasteiger partial charge in [0, 0.05) is 5.56 Å². The van der Waals surface area contributed by atoms with Crippen LogP contribution in [0.1, 0.15) is 11.1 Å². The maximum Gasteiger partial charge on any atom is 0.417 e. The van der Waals surface area contributed by atoms with E-state index in [1.165, 1.54) is 12.1 Å². The van der Waals surface area contributed by atoms with E-state index in [-0.39, 0.29) is 18.0 Å². The van der Waals surface area contributed by atoms with Gasteiger partial charge in [0.2, 0.25) is 0 Å². The second-order valence-electron chi connectivity index (χ2n) is 5.11. The number of nitrogens with zero attached hydrogens (tertiary/aromatic N) is 1.